The highest BCUT2D eigenvalue weighted by atomic mass is 35.5. The second-order valence-electron chi connectivity index (χ2n) is 7.65. The third-order valence-corrected chi connectivity index (χ3v) is 6.38. The molecule has 0 radical (unpaired) electrons. The number of aromatic nitrogens is 2. The van der Waals surface area contributed by atoms with Crippen LogP contribution >= 0.6 is 23.4 Å². The second kappa shape index (κ2) is 11.2. The summed E-state index contributed by atoms with van der Waals surface area (Å²) in [4.78, 5) is 29.2. The van der Waals surface area contributed by atoms with E-state index in [1.165, 1.54) is 11.8 Å². The summed E-state index contributed by atoms with van der Waals surface area (Å²) in [5.41, 5.74) is 4.70. The summed E-state index contributed by atoms with van der Waals surface area (Å²) in [6.45, 7) is 2.30. The Kier molecular flexibility index (Phi) is 7.87. The van der Waals surface area contributed by atoms with Gasteiger partial charge in [-0.25, -0.2) is 4.98 Å². The van der Waals surface area contributed by atoms with Crippen LogP contribution in [0.15, 0.2) is 78.0 Å². The van der Waals surface area contributed by atoms with Crippen LogP contribution in [0.25, 0.3) is 11.0 Å². The zero-order chi connectivity index (χ0) is 23.9. The number of nitrogens with zero attached hydrogens (tertiary/aromatic N) is 2. The van der Waals surface area contributed by atoms with Crippen molar-refractivity contribution in [3.8, 4) is 0 Å². The van der Waals surface area contributed by atoms with Gasteiger partial charge in [0.15, 0.2) is 11.8 Å². The maximum atomic E-state index is 12.3. The van der Waals surface area contributed by atoms with Crippen molar-refractivity contribution in [3.05, 3.63) is 88.9 Å². The molecule has 6 nitrogen and oxygen atoms in total. The van der Waals surface area contributed by atoms with Gasteiger partial charge in [0.05, 0.1) is 23.3 Å². The molecule has 0 saturated carbocycles. The van der Waals surface area contributed by atoms with E-state index in [4.69, 9.17) is 16.3 Å². The Hall–Kier alpha value is -3.29. The first-order valence-electron chi connectivity index (χ1n) is 10.9. The molecule has 0 aliphatic rings. The number of amides is 1. The Balaban J connectivity index is 1.36. The average Bonchev–Trinajstić information content (AvgIpc) is 3.20. The largest absolute Gasteiger partial charge is 0.455 e. The van der Waals surface area contributed by atoms with Crippen LogP contribution in [0.1, 0.15) is 18.1 Å². The van der Waals surface area contributed by atoms with E-state index < -0.39 is 5.97 Å². The van der Waals surface area contributed by atoms with Crippen LogP contribution in [0, 0.1) is 0 Å². The molecule has 8 heteroatoms. The van der Waals surface area contributed by atoms with Crippen molar-refractivity contribution < 1.29 is 14.3 Å². The second-order valence-corrected chi connectivity index (χ2v) is 9.03. The van der Waals surface area contributed by atoms with Gasteiger partial charge < -0.3 is 14.6 Å². The first kappa shape index (κ1) is 23.9. The molecule has 0 unspecified atom stereocenters. The zero-order valence-electron chi connectivity index (χ0n) is 18.7. The van der Waals surface area contributed by atoms with Gasteiger partial charge in [0, 0.05) is 10.7 Å². The summed E-state index contributed by atoms with van der Waals surface area (Å²) in [5.74, 6) is -0.808. The normalized spacial score (nSPS) is 10.9. The molecular formula is C26H24ClN3O3S. The van der Waals surface area contributed by atoms with Crippen LogP contribution in [0.4, 0.5) is 5.69 Å². The molecule has 0 spiro atoms. The fraction of sp³-hybridized carbons (Fsp3) is 0.192. The number of carbonyl (C=O) groups is 2. The lowest BCUT2D eigenvalue weighted by Crippen LogP contribution is -2.21. The number of fused-ring (bicyclic) bond motifs is 1. The lowest BCUT2D eigenvalue weighted by atomic mass is 10.1. The maximum Gasteiger partial charge on any atom is 0.316 e. The quantitative estimate of drug-likeness (QED) is 0.243. The maximum absolute atomic E-state index is 12.3. The number of ether oxygens (including phenoxy) is 1. The number of para-hydroxylation sites is 2. The van der Waals surface area contributed by atoms with Gasteiger partial charge in [0.2, 0.25) is 0 Å². The Morgan fingerprint density at radius 2 is 1.82 bits per heavy atom. The summed E-state index contributed by atoms with van der Waals surface area (Å²) in [5, 5.41) is 4.14. The minimum absolute atomic E-state index is 0.0442. The Morgan fingerprint density at radius 1 is 1.03 bits per heavy atom. The lowest BCUT2D eigenvalue weighted by molar-refractivity contribution is -0.144. The minimum atomic E-state index is -0.479. The molecule has 1 heterocycles. The van der Waals surface area contributed by atoms with Gasteiger partial charge in [-0.1, -0.05) is 66.7 Å². The van der Waals surface area contributed by atoms with E-state index in [9.17, 15) is 9.59 Å². The molecular weight excluding hydrogens is 470 g/mol. The summed E-state index contributed by atoms with van der Waals surface area (Å²) >= 11 is 7.30. The molecule has 1 amide bonds. The molecule has 4 aromatic rings. The fourth-order valence-electron chi connectivity index (χ4n) is 3.47. The molecule has 3 aromatic carbocycles. The van der Waals surface area contributed by atoms with Gasteiger partial charge >= 0.3 is 5.97 Å². The molecule has 0 saturated heterocycles. The number of hydrogen-bond donors (Lipinski definition) is 1. The molecule has 0 aliphatic heterocycles. The molecule has 0 fully saturated rings. The Bertz CT molecular complexity index is 1300. The number of thioether (sulfide) groups is 1. The van der Waals surface area contributed by atoms with Crippen LogP contribution in [0.5, 0.6) is 0 Å². The van der Waals surface area contributed by atoms with E-state index in [1.54, 1.807) is 6.07 Å². The van der Waals surface area contributed by atoms with Crippen molar-refractivity contribution in [1.29, 1.82) is 0 Å². The van der Waals surface area contributed by atoms with Gasteiger partial charge in [0.25, 0.3) is 5.91 Å². The van der Waals surface area contributed by atoms with Crippen molar-refractivity contribution in [3.63, 3.8) is 0 Å². The average molecular weight is 494 g/mol. The highest BCUT2D eigenvalue weighted by Gasteiger charge is 2.15. The van der Waals surface area contributed by atoms with Crippen molar-refractivity contribution in [2.24, 2.45) is 0 Å². The monoisotopic (exact) mass is 493 g/mol. The van der Waals surface area contributed by atoms with Gasteiger partial charge in [-0.05, 0) is 53.9 Å². The number of anilines is 1. The number of nitrogens with one attached hydrogen (secondary N) is 1. The summed E-state index contributed by atoms with van der Waals surface area (Å²) in [6.07, 6.45) is 0.874. The number of esters is 1. The number of benzene rings is 3. The number of halogens is 1. The third kappa shape index (κ3) is 6.18. The predicted octanol–water partition coefficient (Wildman–Crippen LogP) is 5.57. The Labute approximate surface area is 207 Å². The van der Waals surface area contributed by atoms with Gasteiger partial charge in [-0.3, -0.25) is 9.59 Å². The standard InChI is InChI=1S/C26H24ClN3O3S/c1-2-18-6-5-7-21(14-18)28-24(31)16-33-25(32)17-34-26-29-22-8-3-4-9-23(22)30(26)15-19-10-12-20(27)13-11-19/h3-14H,2,15-17H2,1H3,(H,28,31). The van der Waals surface area contributed by atoms with Crippen molar-refractivity contribution in [1.82, 2.24) is 9.55 Å². The van der Waals surface area contributed by atoms with Crippen molar-refractivity contribution in [2.75, 3.05) is 17.7 Å². The van der Waals surface area contributed by atoms with E-state index in [-0.39, 0.29) is 18.3 Å². The predicted molar refractivity (Wildman–Crippen MR) is 136 cm³/mol. The van der Waals surface area contributed by atoms with Crippen LogP contribution in [0.2, 0.25) is 5.02 Å². The summed E-state index contributed by atoms with van der Waals surface area (Å²) < 4.78 is 7.24. The number of imidazole rings is 1. The van der Waals surface area contributed by atoms with E-state index in [0.29, 0.717) is 22.4 Å². The van der Waals surface area contributed by atoms with E-state index in [2.05, 4.69) is 14.9 Å². The molecule has 174 valence electrons. The lowest BCUT2D eigenvalue weighted by Gasteiger charge is -2.10. The first-order valence-corrected chi connectivity index (χ1v) is 12.2. The molecule has 1 N–H and O–H groups in total. The van der Waals surface area contributed by atoms with Gasteiger partial charge in [-0.15, -0.1) is 0 Å². The third-order valence-electron chi connectivity index (χ3n) is 5.18. The first-order chi connectivity index (χ1) is 16.5. The molecule has 0 atom stereocenters. The molecule has 34 heavy (non-hydrogen) atoms. The number of aryl methyl sites for hydroxylation is 1. The summed E-state index contributed by atoms with van der Waals surface area (Å²) in [7, 11) is 0. The van der Waals surface area contributed by atoms with Gasteiger partial charge in [-0.2, -0.15) is 0 Å². The number of carbonyl (C=O) groups excluding carboxylic acids is 2. The highest BCUT2D eigenvalue weighted by Crippen LogP contribution is 2.25. The molecule has 1 aromatic heterocycles. The zero-order valence-corrected chi connectivity index (χ0v) is 20.2. The van der Waals surface area contributed by atoms with Crippen molar-refractivity contribution in [2.45, 2.75) is 25.0 Å². The SMILES string of the molecule is CCc1cccc(NC(=O)COC(=O)CSc2nc3ccccc3n2Cc2ccc(Cl)cc2)c1. The molecule has 0 bridgehead atoms. The minimum Gasteiger partial charge on any atom is -0.455 e. The van der Waals surface area contributed by atoms with E-state index in [1.807, 2.05) is 73.7 Å². The van der Waals surface area contributed by atoms with Crippen LogP contribution < -0.4 is 5.32 Å². The summed E-state index contributed by atoms with van der Waals surface area (Å²) in [6, 6.07) is 23.0. The van der Waals surface area contributed by atoms with Crippen LogP contribution in [-0.2, 0) is 27.3 Å². The number of rotatable bonds is 9. The fourth-order valence-corrected chi connectivity index (χ4v) is 4.40. The molecule has 4 rings (SSSR count). The van der Waals surface area contributed by atoms with Crippen LogP contribution in [-0.4, -0.2) is 33.8 Å². The Morgan fingerprint density at radius 3 is 2.62 bits per heavy atom. The molecule has 0 aliphatic carbocycles. The van der Waals surface area contributed by atoms with E-state index >= 15 is 0 Å². The highest BCUT2D eigenvalue weighted by molar-refractivity contribution is 7.99. The van der Waals surface area contributed by atoms with Crippen LogP contribution in [0.3, 0.4) is 0 Å². The van der Waals surface area contributed by atoms with E-state index in [0.717, 1.165) is 28.6 Å². The topological polar surface area (TPSA) is 73.2 Å². The smallest absolute Gasteiger partial charge is 0.316 e. The number of hydrogen-bond acceptors (Lipinski definition) is 5. The van der Waals surface area contributed by atoms with Gasteiger partial charge in [0.1, 0.15) is 0 Å². The van der Waals surface area contributed by atoms with Crippen molar-refractivity contribution >= 4 is 52.0 Å².